The Hall–Kier alpha value is -0.200. The summed E-state index contributed by atoms with van der Waals surface area (Å²) >= 11 is 0. The molecule has 0 aromatic rings. The van der Waals surface area contributed by atoms with Crippen LogP contribution in [0.25, 0.3) is 0 Å². The third-order valence-electron chi connectivity index (χ3n) is 0.408. The van der Waals surface area contributed by atoms with E-state index in [1.807, 2.05) is 25.6 Å². The van der Waals surface area contributed by atoms with Gasteiger partial charge in [0, 0.05) is 13.2 Å². The lowest BCUT2D eigenvalue weighted by molar-refractivity contribution is -0.275. The quantitative estimate of drug-likeness (QED) is 0.455. The van der Waals surface area contributed by atoms with Gasteiger partial charge in [-0.3, -0.25) is 0 Å². The van der Waals surface area contributed by atoms with E-state index in [4.69, 9.17) is 15.2 Å². The van der Waals surface area contributed by atoms with Crippen LogP contribution < -0.4 is 11.8 Å². The summed E-state index contributed by atoms with van der Waals surface area (Å²) in [6, 6.07) is 0. The molecule has 0 amide bonds. The molecule has 0 aliphatic carbocycles. The highest BCUT2D eigenvalue weighted by molar-refractivity contribution is 4.07. The van der Waals surface area contributed by atoms with E-state index in [9.17, 15) is 0 Å². The van der Waals surface area contributed by atoms with Gasteiger partial charge in [-0.15, -0.1) is 0 Å². The normalized spacial score (nSPS) is 6.00. The monoisotopic (exact) mass is 140 g/mol. The Kier molecular flexibility index (Phi) is 81.4. The Labute approximate surface area is 55.1 Å². The van der Waals surface area contributed by atoms with E-state index in [2.05, 4.69) is 0 Å². The Bertz CT molecular complexity index is 21.3. The molecule has 0 saturated heterocycles. The average Bonchev–Trinajstić information content (AvgIpc) is 1.98. The molecule has 5 nitrogen and oxygen atoms in total. The SMILES string of the molecule is CCOCC.[NH3+][O-].[NH3+][O-]. The lowest BCUT2D eigenvalue weighted by atomic mass is 10.8. The summed E-state index contributed by atoms with van der Waals surface area (Å²) in [6.45, 7) is 5.67. The molecule has 0 aliphatic heterocycles. The van der Waals surface area contributed by atoms with E-state index in [-0.39, 0.29) is 0 Å². The lowest BCUT2D eigenvalue weighted by Crippen LogP contribution is -2.37. The fourth-order valence-electron chi connectivity index (χ4n) is 0.204. The Morgan fingerprint density at radius 2 is 1.22 bits per heavy atom. The van der Waals surface area contributed by atoms with Gasteiger partial charge in [-0.25, -0.2) is 0 Å². The van der Waals surface area contributed by atoms with Crippen LogP contribution in [0.1, 0.15) is 13.8 Å². The summed E-state index contributed by atoms with van der Waals surface area (Å²) < 4.78 is 4.83. The summed E-state index contributed by atoms with van der Waals surface area (Å²) in [5.41, 5.74) is 0. The molecule has 0 heterocycles. The second-order valence-corrected chi connectivity index (χ2v) is 0.781. The minimum Gasteiger partial charge on any atom is -0.637 e. The largest absolute Gasteiger partial charge is 0.637 e. The van der Waals surface area contributed by atoms with Crippen molar-refractivity contribution < 1.29 is 16.5 Å². The predicted molar refractivity (Wildman–Crippen MR) is 34.7 cm³/mol. The molecule has 0 aromatic heterocycles. The van der Waals surface area contributed by atoms with Gasteiger partial charge in [0.15, 0.2) is 0 Å². The van der Waals surface area contributed by atoms with Crippen LogP contribution in [0.5, 0.6) is 0 Å². The highest BCUT2D eigenvalue weighted by atomic mass is 16.5. The molecule has 0 fully saturated rings. The van der Waals surface area contributed by atoms with Crippen LogP contribution in [0, 0.1) is 10.4 Å². The fraction of sp³-hybridized carbons (Fsp3) is 1.00. The summed E-state index contributed by atoms with van der Waals surface area (Å²) in [7, 11) is 0. The molecular weight excluding hydrogens is 124 g/mol. The number of hydrogen-bond donors (Lipinski definition) is 2. The summed E-state index contributed by atoms with van der Waals surface area (Å²) in [6.07, 6.45) is 0. The topological polar surface area (TPSA) is 111 Å². The van der Waals surface area contributed by atoms with Crippen LogP contribution >= 0.6 is 0 Å². The number of quaternary nitrogens is 2. The molecule has 0 unspecified atom stereocenters. The first-order chi connectivity index (χ1) is 4.41. The Morgan fingerprint density at radius 3 is 1.22 bits per heavy atom. The van der Waals surface area contributed by atoms with Crippen molar-refractivity contribution in [3.63, 3.8) is 0 Å². The van der Waals surface area contributed by atoms with E-state index in [0.29, 0.717) is 0 Å². The van der Waals surface area contributed by atoms with Gasteiger partial charge >= 0.3 is 0 Å². The first kappa shape index (κ1) is 15.9. The van der Waals surface area contributed by atoms with Crippen LogP contribution in [0.4, 0.5) is 0 Å². The highest BCUT2D eigenvalue weighted by Gasteiger charge is 1.64. The standard InChI is InChI=1S/C4H10O.2H3NO/c1-3-5-4-2;2*1-2/h3-4H2,1-2H3;2*1H3. The van der Waals surface area contributed by atoms with Crippen LogP contribution in [-0.4, -0.2) is 13.2 Å². The van der Waals surface area contributed by atoms with E-state index in [1.54, 1.807) is 0 Å². The lowest BCUT2D eigenvalue weighted by Gasteiger charge is -1.86. The molecular formula is C4H16N2O3. The van der Waals surface area contributed by atoms with Crippen molar-refractivity contribution in [2.75, 3.05) is 13.2 Å². The molecule has 5 heteroatoms. The Morgan fingerprint density at radius 1 is 1.00 bits per heavy atom. The zero-order valence-corrected chi connectivity index (χ0v) is 6.05. The molecule has 0 radical (unpaired) electrons. The minimum atomic E-state index is 0.844. The van der Waals surface area contributed by atoms with E-state index in [1.165, 1.54) is 0 Å². The molecule has 0 saturated carbocycles. The first-order valence-electron chi connectivity index (χ1n) is 2.57. The predicted octanol–water partition coefficient (Wildman–Crippen LogP) is -1.50. The van der Waals surface area contributed by atoms with Crippen molar-refractivity contribution in [1.82, 2.24) is 0 Å². The van der Waals surface area contributed by atoms with Gasteiger partial charge < -0.3 is 26.9 Å². The second-order valence-electron chi connectivity index (χ2n) is 0.781. The maximum atomic E-state index is 8.00. The van der Waals surface area contributed by atoms with Crippen molar-refractivity contribution in [1.29, 1.82) is 0 Å². The van der Waals surface area contributed by atoms with Gasteiger partial charge in [0.05, 0.1) is 0 Å². The molecule has 0 aliphatic rings. The van der Waals surface area contributed by atoms with Gasteiger partial charge in [-0.2, -0.15) is 0 Å². The average molecular weight is 140 g/mol. The van der Waals surface area contributed by atoms with Crippen LogP contribution in [0.15, 0.2) is 0 Å². The maximum absolute atomic E-state index is 8.00. The van der Waals surface area contributed by atoms with Gasteiger partial charge in [0.25, 0.3) is 0 Å². The summed E-state index contributed by atoms with van der Waals surface area (Å²) in [4.78, 5) is 0. The molecule has 6 N–H and O–H groups in total. The molecule has 0 atom stereocenters. The Balaban J connectivity index is -0.0000000771. The van der Waals surface area contributed by atoms with Gasteiger partial charge in [0.1, 0.15) is 0 Å². The number of rotatable bonds is 2. The number of ether oxygens (including phenoxy) is 1. The molecule has 60 valence electrons. The van der Waals surface area contributed by atoms with E-state index < -0.39 is 0 Å². The summed E-state index contributed by atoms with van der Waals surface area (Å²) in [5.74, 6) is 4.00. The third kappa shape index (κ3) is 81.0. The van der Waals surface area contributed by atoms with Crippen molar-refractivity contribution in [3.05, 3.63) is 10.4 Å². The third-order valence-corrected chi connectivity index (χ3v) is 0.408. The maximum Gasteiger partial charge on any atom is 0.0437 e. The van der Waals surface area contributed by atoms with Crippen molar-refractivity contribution >= 4 is 0 Å². The second kappa shape index (κ2) is 46.0. The highest BCUT2D eigenvalue weighted by Crippen LogP contribution is 1.64. The molecule has 9 heavy (non-hydrogen) atoms. The van der Waals surface area contributed by atoms with Crippen molar-refractivity contribution in [2.24, 2.45) is 0 Å². The molecule has 0 rings (SSSR count). The summed E-state index contributed by atoms with van der Waals surface area (Å²) in [5, 5.41) is 16.0. The van der Waals surface area contributed by atoms with Gasteiger partial charge in [-0.1, -0.05) is 0 Å². The van der Waals surface area contributed by atoms with Gasteiger partial charge in [-0.05, 0) is 13.8 Å². The van der Waals surface area contributed by atoms with Crippen LogP contribution in [-0.2, 0) is 4.74 Å². The molecule has 0 aromatic carbocycles. The van der Waals surface area contributed by atoms with Crippen molar-refractivity contribution in [2.45, 2.75) is 13.8 Å². The van der Waals surface area contributed by atoms with Gasteiger partial charge in [0.2, 0.25) is 0 Å². The zero-order chi connectivity index (χ0) is 8.12. The zero-order valence-electron chi connectivity index (χ0n) is 6.05. The smallest absolute Gasteiger partial charge is 0.0437 e. The minimum absolute atomic E-state index is 0.844. The molecule has 0 bridgehead atoms. The first-order valence-corrected chi connectivity index (χ1v) is 2.57. The van der Waals surface area contributed by atoms with Crippen LogP contribution in [0.2, 0.25) is 0 Å². The van der Waals surface area contributed by atoms with Crippen molar-refractivity contribution in [3.8, 4) is 0 Å². The number of hydrogen-bond acceptors (Lipinski definition) is 3. The fourth-order valence-corrected chi connectivity index (χ4v) is 0.204. The van der Waals surface area contributed by atoms with Crippen LogP contribution in [0.3, 0.4) is 0 Å². The van der Waals surface area contributed by atoms with E-state index >= 15 is 0 Å². The van der Waals surface area contributed by atoms with E-state index in [0.717, 1.165) is 13.2 Å². The molecule has 0 spiro atoms.